The van der Waals surface area contributed by atoms with Crippen molar-refractivity contribution in [2.24, 2.45) is 5.10 Å². The number of aryl methyl sites for hydroxylation is 1. The van der Waals surface area contributed by atoms with Gasteiger partial charge in [0, 0.05) is 0 Å². The van der Waals surface area contributed by atoms with Crippen molar-refractivity contribution in [3.63, 3.8) is 0 Å². The Hall–Kier alpha value is -2.83. The number of benzene rings is 2. The maximum absolute atomic E-state index is 12.7. The molecule has 0 saturated carbocycles. The Morgan fingerprint density at radius 1 is 1.22 bits per heavy atom. The Kier molecular flexibility index (Phi) is 5.48. The van der Waals surface area contributed by atoms with Crippen LogP contribution < -0.4 is 10.2 Å². The zero-order valence-electron chi connectivity index (χ0n) is 14.8. The van der Waals surface area contributed by atoms with Crippen LogP contribution in [0.2, 0.25) is 0 Å². The quantitative estimate of drug-likeness (QED) is 0.633. The fourth-order valence-electron chi connectivity index (χ4n) is 3.14. The number of alkyl halides is 3. The van der Waals surface area contributed by atoms with Gasteiger partial charge in [-0.1, -0.05) is 18.2 Å². The molecule has 0 aromatic heterocycles. The van der Waals surface area contributed by atoms with Gasteiger partial charge in [-0.05, 0) is 66.6 Å². The number of hydrogen-bond donors (Lipinski definition) is 1. The summed E-state index contributed by atoms with van der Waals surface area (Å²) in [6, 6.07) is 8.53. The standard InChI is InChI=1S/C20H19F3N2O2/c1-13-8-9-18(17-7-3-6-16(13)17)27-12-19(26)25-24-11-14-4-2-5-15(10-14)20(21,22)23/h2,4-5,8-11H,3,6-7,12H2,1H3,(H,25,26)/b24-11-. The van der Waals surface area contributed by atoms with Crippen LogP contribution >= 0.6 is 0 Å². The average Bonchev–Trinajstić information content (AvgIpc) is 3.12. The van der Waals surface area contributed by atoms with Gasteiger partial charge in [0.05, 0.1) is 11.8 Å². The van der Waals surface area contributed by atoms with E-state index >= 15 is 0 Å². The number of nitrogens with one attached hydrogen (secondary N) is 1. The van der Waals surface area contributed by atoms with E-state index in [1.807, 2.05) is 12.1 Å². The third-order valence-corrected chi connectivity index (χ3v) is 4.45. The third kappa shape index (κ3) is 4.67. The molecule has 0 heterocycles. The topological polar surface area (TPSA) is 50.7 Å². The molecular formula is C20H19F3N2O2. The molecule has 4 nitrogen and oxygen atoms in total. The van der Waals surface area contributed by atoms with Crippen molar-refractivity contribution in [3.8, 4) is 5.75 Å². The first-order valence-corrected chi connectivity index (χ1v) is 8.58. The first kappa shape index (κ1) is 18.9. The predicted molar refractivity (Wildman–Crippen MR) is 95.9 cm³/mol. The van der Waals surface area contributed by atoms with Crippen molar-refractivity contribution >= 4 is 12.1 Å². The van der Waals surface area contributed by atoms with E-state index in [9.17, 15) is 18.0 Å². The molecule has 2 aromatic rings. The fourth-order valence-corrected chi connectivity index (χ4v) is 3.14. The SMILES string of the molecule is Cc1ccc(OCC(=O)N/N=C\c2cccc(C(F)(F)F)c2)c2c1CCC2. The molecule has 7 heteroatoms. The summed E-state index contributed by atoms with van der Waals surface area (Å²) >= 11 is 0. The van der Waals surface area contributed by atoms with Gasteiger partial charge in [0.25, 0.3) is 5.91 Å². The number of rotatable bonds is 5. The van der Waals surface area contributed by atoms with E-state index in [1.54, 1.807) is 0 Å². The second-order valence-corrected chi connectivity index (χ2v) is 6.40. The van der Waals surface area contributed by atoms with Crippen LogP contribution in [-0.2, 0) is 23.8 Å². The van der Waals surface area contributed by atoms with Crippen LogP contribution in [0.15, 0.2) is 41.5 Å². The minimum absolute atomic E-state index is 0.213. The lowest BCUT2D eigenvalue weighted by atomic mass is 10.0. The van der Waals surface area contributed by atoms with E-state index in [0.717, 1.165) is 43.2 Å². The first-order chi connectivity index (χ1) is 12.8. The van der Waals surface area contributed by atoms with Gasteiger partial charge in [-0.3, -0.25) is 4.79 Å². The molecule has 1 aliphatic rings. The molecule has 0 fully saturated rings. The Bertz CT molecular complexity index is 876. The summed E-state index contributed by atoms with van der Waals surface area (Å²) in [7, 11) is 0. The second-order valence-electron chi connectivity index (χ2n) is 6.40. The number of nitrogens with zero attached hydrogens (tertiary/aromatic N) is 1. The Balaban J connectivity index is 1.55. The monoisotopic (exact) mass is 376 g/mol. The zero-order valence-corrected chi connectivity index (χ0v) is 14.8. The highest BCUT2D eigenvalue weighted by Crippen LogP contribution is 2.33. The van der Waals surface area contributed by atoms with Crippen LogP contribution in [0.1, 0.15) is 34.2 Å². The number of carbonyl (C=O) groups is 1. The van der Waals surface area contributed by atoms with Crippen LogP contribution in [0.5, 0.6) is 5.75 Å². The van der Waals surface area contributed by atoms with Crippen molar-refractivity contribution in [1.29, 1.82) is 0 Å². The molecule has 3 rings (SSSR count). The molecular weight excluding hydrogens is 357 g/mol. The van der Waals surface area contributed by atoms with Gasteiger partial charge >= 0.3 is 6.18 Å². The molecule has 0 atom stereocenters. The molecule has 0 aliphatic heterocycles. The smallest absolute Gasteiger partial charge is 0.416 e. The highest BCUT2D eigenvalue weighted by molar-refractivity contribution is 5.83. The van der Waals surface area contributed by atoms with Gasteiger partial charge in [-0.25, -0.2) is 5.43 Å². The molecule has 27 heavy (non-hydrogen) atoms. The summed E-state index contributed by atoms with van der Waals surface area (Å²) < 4.78 is 43.6. The molecule has 0 saturated heterocycles. The minimum atomic E-state index is -4.42. The maximum Gasteiger partial charge on any atom is 0.416 e. The summed E-state index contributed by atoms with van der Waals surface area (Å²) in [4.78, 5) is 11.9. The molecule has 2 aromatic carbocycles. The predicted octanol–water partition coefficient (Wildman–Crippen LogP) is 4.03. The molecule has 1 N–H and O–H groups in total. The number of carbonyl (C=O) groups excluding carboxylic acids is 1. The molecule has 0 bridgehead atoms. The van der Waals surface area contributed by atoms with Crippen molar-refractivity contribution in [2.75, 3.05) is 6.61 Å². The highest BCUT2D eigenvalue weighted by Gasteiger charge is 2.30. The Labute approximate surface area is 155 Å². The van der Waals surface area contributed by atoms with Crippen LogP contribution in [-0.4, -0.2) is 18.7 Å². The lowest BCUT2D eigenvalue weighted by Gasteiger charge is -2.11. The first-order valence-electron chi connectivity index (χ1n) is 8.58. The second kappa shape index (κ2) is 7.82. The van der Waals surface area contributed by atoms with E-state index in [1.165, 1.54) is 23.3 Å². The van der Waals surface area contributed by atoms with E-state index in [-0.39, 0.29) is 12.2 Å². The number of halogens is 3. The summed E-state index contributed by atoms with van der Waals surface area (Å²) in [5.41, 5.74) is 5.39. The average molecular weight is 376 g/mol. The summed E-state index contributed by atoms with van der Waals surface area (Å²) in [6.07, 6.45) is -0.233. The fraction of sp³-hybridized carbons (Fsp3) is 0.300. The van der Waals surface area contributed by atoms with Gasteiger partial charge in [-0.2, -0.15) is 18.3 Å². The number of hydrazone groups is 1. The van der Waals surface area contributed by atoms with Gasteiger partial charge in [0.1, 0.15) is 5.75 Å². The van der Waals surface area contributed by atoms with Crippen molar-refractivity contribution in [3.05, 3.63) is 64.2 Å². The largest absolute Gasteiger partial charge is 0.483 e. The summed E-state index contributed by atoms with van der Waals surface area (Å²) in [6.45, 7) is 1.85. The number of amides is 1. The number of hydrogen-bond acceptors (Lipinski definition) is 3. The maximum atomic E-state index is 12.7. The molecule has 1 amide bonds. The van der Waals surface area contributed by atoms with Crippen LogP contribution in [0, 0.1) is 6.92 Å². The zero-order chi connectivity index (χ0) is 19.4. The molecule has 0 unspecified atom stereocenters. The lowest BCUT2D eigenvalue weighted by Crippen LogP contribution is -2.24. The van der Waals surface area contributed by atoms with Crippen molar-refractivity contribution in [2.45, 2.75) is 32.4 Å². The lowest BCUT2D eigenvalue weighted by molar-refractivity contribution is -0.137. The highest BCUT2D eigenvalue weighted by atomic mass is 19.4. The molecule has 1 aliphatic carbocycles. The van der Waals surface area contributed by atoms with E-state index < -0.39 is 17.6 Å². The molecule has 0 radical (unpaired) electrons. The van der Waals surface area contributed by atoms with Crippen LogP contribution in [0.25, 0.3) is 0 Å². The Morgan fingerprint density at radius 3 is 2.78 bits per heavy atom. The van der Waals surface area contributed by atoms with Gasteiger partial charge < -0.3 is 4.74 Å². The molecule has 0 spiro atoms. The Morgan fingerprint density at radius 2 is 2.00 bits per heavy atom. The van der Waals surface area contributed by atoms with Crippen LogP contribution in [0.4, 0.5) is 13.2 Å². The van der Waals surface area contributed by atoms with E-state index in [2.05, 4.69) is 17.5 Å². The van der Waals surface area contributed by atoms with Gasteiger partial charge in [-0.15, -0.1) is 0 Å². The molecule has 142 valence electrons. The van der Waals surface area contributed by atoms with E-state index in [4.69, 9.17) is 4.74 Å². The minimum Gasteiger partial charge on any atom is -0.483 e. The van der Waals surface area contributed by atoms with Crippen molar-refractivity contribution < 1.29 is 22.7 Å². The van der Waals surface area contributed by atoms with Crippen LogP contribution in [0.3, 0.4) is 0 Å². The summed E-state index contributed by atoms with van der Waals surface area (Å²) in [5, 5.41) is 3.69. The number of ether oxygens (including phenoxy) is 1. The number of fused-ring (bicyclic) bond motifs is 1. The van der Waals surface area contributed by atoms with E-state index in [0.29, 0.717) is 5.75 Å². The van der Waals surface area contributed by atoms with Gasteiger partial charge in [0.15, 0.2) is 6.61 Å². The normalized spacial score (nSPS) is 13.6. The third-order valence-electron chi connectivity index (χ3n) is 4.45. The van der Waals surface area contributed by atoms with Gasteiger partial charge in [0.2, 0.25) is 0 Å². The summed E-state index contributed by atoms with van der Waals surface area (Å²) in [5.74, 6) is 0.218. The van der Waals surface area contributed by atoms with Crippen molar-refractivity contribution in [1.82, 2.24) is 5.43 Å².